The van der Waals surface area contributed by atoms with Gasteiger partial charge in [0.2, 0.25) is 0 Å². The number of hydrogen-bond donors (Lipinski definition) is 0. The van der Waals surface area contributed by atoms with Crippen LogP contribution in [0.5, 0.6) is 0 Å². The Kier molecular flexibility index (Phi) is 3.37. The molecule has 1 rings (SSSR count). The van der Waals surface area contributed by atoms with Gasteiger partial charge in [0.25, 0.3) is 0 Å². The van der Waals surface area contributed by atoms with Crippen LogP contribution in [0.4, 0.5) is 0 Å². The van der Waals surface area contributed by atoms with Crippen LogP contribution >= 0.6 is 0 Å². The monoisotopic (exact) mass is 152 g/mol. The van der Waals surface area contributed by atoms with Crippen LogP contribution in [0.1, 0.15) is 13.3 Å². The van der Waals surface area contributed by atoms with Crippen LogP contribution < -0.4 is 0 Å². The minimum absolute atomic E-state index is 0.939. The summed E-state index contributed by atoms with van der Waals surface area (Å²) in [5.41, 5.74) is 1.12. The lowest BCUT2D eigenvalue weighted by molar-refractivity contribution is 1.36. The Morgan fingerprint density at radius 2 is 2.00 bits per heavy atom. The predicted molar refractivity (Wildman–Crippen MR) is 50.8 cm³/mol. The smallest absolute Gasteiger partial charge is 0.00682 e. The van der Waals surface area contributed by atoms with Gasteiger partial charge in [-0.3, -0.25) is 0 Å². The van der Waals surface area contributed by atoms with Gasteiger partial charge in [-0.15, -0.1) is 0 Å². The molecule has 0 unspecified atom stereocenters. The summed E-state index contributed by atoms with van der Waals surface area (Å²) in [6, 6.07) is 0. The average molecular weight is 152 g/mol. The van der Waals surface area contributed by atoms with E-state index in [0.717, 1.165) is 12.0 Å². The summed E-state index contributed by atoms with van der Waals surface area (Å²) in [7, 11) is 0. The van der Waals surface area contributed by atoms with Crippen LogP contribution in [-0.4, -0.2) is 0 Å². The molecule has 0 nitrogen and oxygen atoms in total. The van der Waals surface area contributed by atoms with Crippen LogP contribution in [0.25, 0.3) is 0 Å². The summed E-state index contributed by atoms with van der Waals surface area (Å²) >= 11 is 0. The highest BCUT2D eigenvalue weighted by molar-refractivity contribution is 5.44. The quantitative estimate of drug-likeness (QED) is 0.465. The fourth-order valence-corrected chi connectivity index (χ4v) is 0.776. The van der Waals surface area contributed by atoms with E-state index in [2.05, 4.69) is 41.6 Å². The Bertz CT molecular complexity index is 387. The topological polar surface area (TPSA) is 0 Å². The van der Waals surface area contributed by atoms with E-state index in [1.165, 1.54) is 0 Å². The van der Waals surface area contributed by atoms with Crippen molar-refractivity contribution in [3.63, 3.8) is 0 Å². The largest absolute Gasteiger partial charge is 0.0925 e. The Labute approximate surface area is 73.4 Å². The average Bonchev–Trinajstić information content (AvgIpc) is 2.57. The summed E-state index contributed by atoms with van der Waals surface area (Å²) in [6.45, 7) is 1.76. The van der Waals surface area contributed by atoms with E-state index in [1.54, 1.807) is 6.92 Å². The van der Waals surface area contributed by atoms with E-state index in [1.807, 2.05) is 12.2 Å². The third kappa shape index (κ3) is 2.83. The van der Waals surface area contributed by atoms with Gasteiger partial charge in [-0.25, -0.2) is 0 Å². The lowest BCUT2D eigenvalue weighted by Crippen LogP contribution is -1.67. The summed E-state index contributed by atoms with van der Waals surface area (Å²) in [6.07, 6.45) is 7.01. The van der Waals surface area contributed by atoms with Gasteiger partial charge in [0, 0.05) is 5.57 Å². The SMILES string of the molecule is CC#CC#CC#CC1=CC=CC1. The minimum Gasteiger partial charge on any atom is -0.0925 e. The van der Waals surface area contributed by atoms with Crippen molar-refractivity contribution in [2.24, 2.45) is 0 Å². The first-order chi connectivity index (χ1) is 5.93. The van der Waals surface area contributed by atoms with Crippen LogP contribution in [-0.2, 0) is 0 Å². The van der Waals surface area contributed by atoms with E-state index in [9.17, 15) is 0 Å². The van der Waals surface area contributed by atoms with Crippen molar-refractivity contribution in [1.82, 2.24) is 0 Å². The fraction of sp³-hybridized carbons (Fsp3) is 0.167. The minimum atomic E-state index is 0.939. The molecule has 0 saturated heterocycles. The molecule has 0 aromatic carbocycles. The van der Waals surface area contributed by atoms with E-state index in [-0.39, 0.29) is 0 Å². The van der Waals surface area contributed by atoms with Crippen molar-refractivity contribution in [3.8, 4) is 35.5 Å². The second-order valence-electron chi connectivity index (χ2n) is 2.20. The van der Waals surface area contributed by atoms with Gasteiger partial charge in [-0.05, 0) is 37.0 Å². The highest BCUT2D eigenvalue weighted by atomic mass is 13.9. The Balaban J connectivity index is 2.49. The zero-order valence-electron chi connectivity index (χ0n) is 6.94. The van der Waals surface area contributed by atoms with Gasteiger partial charge in [-0.2, -0.15) is 0 Å². The first-order valence-corrected chi connectivity index (χ1v) is 3.72. The van der Waals surface area contributed by atoms with Gasteiger partial charge in [-0.1, -0.05) is 30.1 Å². The first-order valence-electron chi connectivity index (χ1n) is 3.72. The Hall–Kier alpha value is -1.84. The third-order valence-corrected chi connectivity index (χ3v) is 1.31. The first kappa shape index (κ1) is 8.26. The van der Waals surface area contributed by atoms with Crippen molar-refractivity contribution < 1.29 is 0 Å². The van der Waals surface area contributed by atoms with E-state index in [4.69, 9.17) is 0 Å². The molecule has 0 atom stereocenters. The van der Waals surface area contributed by atoms with Gasteiger partial charge in [0.15, 0.2) is 0 Å². The second kappa shape index (κ2) is 4.90. The molecular weight excluding hydrogens is 144 g/mol. The van der Waals surface area contributed by atoms with Crippen LogP contribution in [0.15, 0.2) is 23.8 Å². The molecule has 0 spiro atoms. The molecule has 0 aromatic rings. The highest BCUT2D eigenvalue weighted by Gasteiger charge is 1.91. The zero-order chi connectivity index (χ0) is 8.65. The van der Waals surface area contributed by atoms with Crippen molar-refractivity contribution in [1.29, 1.82) is 0 Å². The normalized spacial score (nSPS) is 11.2. The van der Waals surface area contributed by atoms with E-state index < -0.39 is 0 Å². The lowest BCUT2D eigenvalue weighted by atomic mass is 10.2. The molecule has 0 amide bonds. The molecule has 0 heteroatoms. The predicted octanol–water partition coefficient (Wildman–Crippen LogP) is 1.90. The summed E-state index contributed by atoms with van der Waals surface area (Å²) in [4.78, 5) is 0. The maximum absolute atomic E-state index is 2.95. The van der Waals surface area contributed by atoms with Crippen molar-refractivity contribution in [2.75, 3.05) is 0 Å². The number of hydrogen-bond acceptors (Lipinski definition) is 0. The molecule has 1 aliphatic rings. The van der Waals surface area contributed by atoms with E-state index >= 15 is 0 Å². The second-order valence-corrected chi connectivity index (χ2v) is 2.20. The van der Waals surface area contributed by atoms with Crippen LogP contribution in [0, 0.1) is 35.5 Å². The molecule has 56 valence electrons. The lowest BCUT2D eigenvalue weighted by Gasteiger charge is -1.80. The molecule has 0 N–H and O–H groups in total. The maximum atomic E-state index is 2.95. The van der Waals surface area contributed by atoms with Crippen molar-refractivity contribution >= 4 is 0 Å². The van der Waals surface area contributed by atoms with Gasteiger partial charge in [0.05, 0.1) is 0 Å². The Morgan fingerprint density at radius 1 is 1.17 bits per heavy atom. The van der Waals surface area contributed by atoms with Crippen molar-refractivity contribution in [3.05, 3.63) is 23.8 Å². The summed E-state index contributed by atoms with van der Waals surface area (Å²) in [5, 5.41) is 0. The molecule has 12 heavy (non-hydrogen) atoms. The fourth-order valence-electron chi connectivity index (χ4n) is 0.776. The molecule has 0 saturated carbocycles. The van der Waals surface area contributed by atoms with Crippen LogP contribution in [0.2, 0.25) is 0 Å². The Morgan fingerprint density at radius 3 is 2.67 bits per heavy atom. The number of rotatable bonds is 0. The molecule has 0 heterocycles. The molecule has 0 radical (unpaired) electrons. The van der Waals surface area contributed by atoms with Crippen molar-refractivity contribution in [2.45, 2.75) is 13.3 Å². The zero-order valence-corrected chi connectivity index (χ0v) is 6.94. The van der Waals surface area contributed by atoms with Crippen LogP contribution in [0.3, 0.4) is 0 Å². The third-order valence-electron chi connectivity index (χ3n) is 1.31. The summed E-state index contributed by atoms with van der Waals surface area (Å²) < 4.78 is 0. The molecule has 1 aliphatic carbocycles. The number of allylic oxidation sites excluding steroid dienone is 4. The summed E-state index contributed by atoms with van der Waals surface area (Å²) in [5.74, 6) is 16.3. The van der Waals surface area contributed by atoms with Gasteiger partial charge >= 0.3 is 0 Å². The molecule has 0 fully saturated rings. The molecule has 0 aliphatic heterocycles. The maximum Gasteiger partial charge on any atom is 0.00682 e. The van der Waals surface area contributed by atoms with E-state index in [0.29, 0.717) is 0 Å². The van der Waals surface area contributed by atoms with Gasteiger partial charge in [0.1, 0.15) is 0 Å². The molecular formula is C12H8. The molecule has 0 aromatic heterocycles. The highest BCUT2D eigenvalue weighted by Crippen LogP contribution is 2.07. The molecule has 0 bridgehead atoms. The standard InChI is InChI=1S/C12H8/c1-2-3-4-5-6-9-12-10-7-8-11-12/h7-8,10H,11H2,1H3. The van der Waals surface area contributed by atoms with Gasteiger partial charge < -0.3 is 0 Å².